The van der Waals surface area contributed by atoms with Crippen molar-refractivity contribution in [2.75, 3.05) is 19.8 Å². The molecule has 9 nitrogen and oxygen atoms in total. The van der Waals surface area contributed by atoms with Gasteiger partial charge in [0.1, 0.15) is 11.4 Å². The molecule has 5 aliphatic rings. The van der Waals surface area contributed by atoms with E-state index in [1.54, 1.807) is 6.08 Å². The smallest absolute Gasteiger partial charge is 0.306 e. The minimum Gasteiger partial charge on any atom is -0.458 e. The first-order valence-corrected chi connectivity index (χ1v) is 18.3. The number of nitrogens with one attached hydrogen (secondary N) is 1. The molecule has 3 saturated carbocycles. The number of benzene rings is 1. The van der Waals surface area contributed by atoms with Gasteiger partial charge in [0.15, 0.2) is 12.4 Å². The zero-order chi connectivity index (χ0) is 35.2. The predicted molar refractivity (Wildman–Crippen MR) is 182 cm³/mol. The highest BCUT2D eigenvalue weighted by atomic mass is 16.5. The highest BCUT2D eigenvalue weighted by molar-refractivity contribution is 5.95. The van der Waals surface area contributed by atoms with E-state index >= 15 is 0 Å². The Morgan fingerprint density at radius 2 is 1.73 bits per heavy atom. The van der Waals surface area contributed by atoms with E-state index < -0.39 is 29.4 Å². The summed E-state index contributed by atoms with van der Waals surface area (Å²) in [6.07, 6.45) is 7.47. The van der Waals surface area contributed by atoms with Crippen LogP contribution in [0.5, 0.6) is 0 Å². The maximum atomic E-state index is 13.9. The van der Waals surface area contributed by atoms with E-state index in [4.69, 9.17) is 9.47 Å². The minimum atomic E-state index is -1.77. The van der Waals surface area contributed by atoms with E-state index in [1.165, 1.54) is 5.56 Å². The van der Waals surface area contributed by atoms with Crippen LogP contribution in [0.15, 0.2) is 42.0 Å². The summed E-state index contributed by atoms with van der Waals surface area (Å²) in [5.41, 5.74) is -1.17. The van der Waals surface area contributed by atoms with Gasteiger partial charge in [0.05, 0.1) is 12.0 Å². The lowest BCUT2D eigenvalue weighted by atomic mass is 9.46. The summed E-state index contributed by atoms with van der Waals surface area (Å²) in [5.74, 6) is -1.55. The molecule has 1 heterocycles. The molecule has 4 fully saturated rings. The molecule has 0 bridgehead atoms. The lowest BCUT2D eigenvalue weighted by molar-refractivity contribution is -0.173. The summed E-state index contributed by atoms with van der Waals surface area (Å²) in [5, 5.41) is 14.9. The second-order valence-electron chi connectivity index (χ2n) is 16.7. The number of amides is 1. The Hall–Kier alpha value is -3.17. The van der Waals surface area contributed by atoms with E-state index in [9.17, 15) is 29.1 Å². The standard InChI is InChI=1S/C40H53NO8/c1-36(2)25-39(19-21-49-36,26-8-6-5-7-9-26)18-20-41-33(45)12-13-34(46)48-24-32(44)40(47)17-15-30-29-11-10-27-22-28(42)14-16-37(27,3)35(29)31(43)23-38(30,40)4/h5-9,22,29-30,35,47H,10-21,23-25H2,1-4H3,(H,41,45)/t29-,30-,35+,37+,38+,39-,40+/m1/s1. The number of aliphatic hydroxyl groups is 1. The summed E-state index contributed by atoms with van der Waals surface area (Å²) in [4.78, 5) is 65.0. The van der Waals surface area contributed by atoms with Crippen molar-refractivity contribution in [1.82, 2.24) is 5.32 Å². The van der Waals surface area contributed by atoms with Crippen molar-refractivity contribution in [3.63, 3.8) is 0 Å². The number of hydrogen-bond donors (Lipinski definition) is 2. The second-order valence-corrected chi connectivity index (χ2v) is 16.7. The highest BCUT2D eigenvalue weighted by Crippen LogP contribution is 2.66. The fourth-order valence-corrected chi connectivity index (χ4v) is 10.8. The molecular weight excluding hydrogens is 622 g/mol. The number of esters is 1. The van der Waals surface area contributed by atoms with Crippen molar-refractivity contribution in [3.05, 3.63) is 47.5 Å². The number of allylic oxidation sites excluding steroid dienone is 1. The third-order valence-corrected chi connectivity index (χ3v) is 13.3. The van der Waals surface area contributed by atoms with Crippen LogP contribution < -0.4 is 5.32 Å². The van der Waals surface area contributed by atoms with E-state index in [1.807, 2.05) is 25.1 Å². The molecule has 49 heavy (non-hydrogen) atoms. The number of rotatable bonds is 10. The molecule has 2 N–H and O–H groups in total. The van der Waals surface area contributed by atoms with Gasteiger partial charge in [-0.25, -0.2) is 0 Å². The van der Waals surface area contributed by atoms with E-state index in [0.717, 1.165) is 37.7 Å². The van der Waals surface area contributed by atoms with Crippen LogP contribution >= 0.6 is 0 Å². The maximum Gasteiger partial charge on any atom is 0.306 e. The predicted octanol–water partition coefficient (Wildman–Crippen LogP) is 5.35. The number of hydrogen-bond acceptors (Lipinski definition) is 8. The van der Waals surface area contributed by atoms with Gasteiger partial charge in [-0.05, 0) is 94.1 Å². The van der Waals surface area contributed by atoms with Crippen LogP contribution in [-0.4, -0.2) is 65.3 Å². The van der Waals surface area contributed by atoms with Crippen molar-refractivity contribution in [2.45, 2.75) is 121 Å². The van der Waals surface area contributed by atoms with Crippen LogP contribution in [0, 0.1) is 28.6 Å². The van der Waals surface area contributed by atoms with Gasteiger partial charge in [-0.15, -0.1) is 0 Å². The second kappa shape index (κ2) is 13.2. The molecular formula is C40H53NO8. The van der Waals surface area contributed by atoms with Gasteiger partial charge in [-0.3, -0.25) is 24.0 Å². The fraction of sp³-hybridized carbons (Fsp3) is 0.675. The summed E-state index contributed by atoms with van der Waals surface area (Å²) in [6.45, 7) is 8.67. The van der Waals surface area contributed by atoms with Crippen molar-refractivity contribution in [3.8, 4) is 0 Å². The number of ether oxygens (including phenoxy) is 2. The Morgan fingerprint density at radius 1 is 0.980 bits per heavy atom. The van der Waals surface area contributed by atoms with Crippen LogP contribution in [0.3, 0.4) is 0 Å². The molecule has 0 aromatic heterocycles. The molecule has 1 aromatic rings. The number of fused-ring (bicyclic) bond motifs is 5. The van der Waals surface area contributed by atoms with Gasteiger partial charge in [-0.2, -0.15) is 0 Å². The van der Waals surface area contributed by atoms with Gasteiger partial charge >= 0.3 is 5.97 Å². The van der Waals surface area contributed by atoms with E-state index in [2.05, 4.69) is 38.2 Å². The highest BCUT2D eigenvalue weighted by Gasteiger charge is 2.68. The summed E-state index contributed by atoms with van der Waals surface area (Å²) in [7, 11) is 0. The molecule has 0 unspecified atom stereocenters. The van der Waals surface area contributed by atoms with Gasteiger partial charge < -0.3 is 19.9 Å². The SMILES string of the molecule is CC1(C)C[C@](CCNC(=O)CCC(=O)OCC(=O)[C@@]2(O)CC[C@@H]3[C@H]4CCC5=CC(=O)CC[C@]5(C)[C@@H]4C(=O)C[C@@]32C)(c2ccccc2)CCO1. The molecule has 266 valence electrons. The largest absolute Gasteiger partial charge is 0.458 e. The molecule has 0 spiro atoms. The molecule has 4 aliphatic carbocycles. The van der Waals surface area contributed by atoms with Crippen molar-refractivity contribution >= 4 is 29.2 Å². The average molecular weight is 676 g/mol. The Bertz CT molecular complexity index is 1530. The number of ketones is 3. The Labute approximate surface area is 289 Å². The van der Waals surface area contributed by atoms with Crippen LogP contribution in [-0.2, 0) is 38.9 Å². The van der Waals surface area contributed by atoms with Gasteiger partial charge in [0.25, 0.3) is 0 Å². The first-order valence-electron chi connectivity index (χ1n) is 18.3. The Kier molecular flexibility index (Phi) is 9.59. The topological polar surface area (TPSA) is 136 Å². The van der Waals surface area contributed by atoms with Crippen LogP contribution in [0.2, 0.25) is 0 Å². The van der Waals surface area contributed by atoms with Crippen molar-refractivity contribution < 1.29 is 38.6 Å². The summed E-state index contributed by atoms with van der Waals surface area (Å²) >= 11 is 0. The molecule has 9 heteroatoms. The van der Waals surface area contributed by atoms with E-state index in [-0.39, 0.29) is 77.3 Å². The van der Waals surface area contributed by atoms with Crippen molar-refractivity contribution in [2.24, 2.45) is 28.6 Å². The zero-order valence-electron chi connectivity index (χ0n) is 29.6. The normalized spacial score (nSPS) is 36.5. The molecule has 1 amide bonds. The van der Waals surface area contributed by atoms with Gasteiger partial charge in [-0.1, -0.05) is 49.8 Å². The van der Waals surface area contributed by atoms with Crippen molar-refractivity contribution in [1.29, 1.82) is 0 Å². The molecule has 7 atom stereocenters. The molecule has 1 saturated heterocycles. The zero-order valence-corrected chi connectivity index (χ0v) is 29.6. The van der Waals surface area contributed by atoms with Gasteiger partial charge in [0.2, 0.25) is 11.7 Å². The van der Waals surface area contributed by atoms with Crippen LogP contribution in [0.25, 0.3) is 0 Å². The maximum absolute atomic E-state index is 13.9. The number of Topliss-reactive ketones (excluding diaryl/α,β-unsaturated/α-hetero) is 2. The van der Waals surface area contributed by atoms with Crippen LogP contribution in [0.4, 0.5) is 0 Å². The molecule has 6 rings (SSSR count). The molecule has 1 aliphatic heterocycles. The summed E-state index contributed by atoms with van der Waals surface area (Å²) < 4.78 is 11.3. The first-order chi connectivity index (χ1) is 23.1. The third kappa shape index (κ3) is 6.46. The monoisotopic (exact) mass is 675 g/mol. The Balaban J connectivity index is 1.00. The number of carbonyl (C=O) groups is 5. The first kappa shape index (κ1) is 35.6. The minimum absolute atomic E-state index is 0.0206. The lowest BCUT2D eigenvalue weighted by Gasteiger charge is -2.57. The quantitative estimate of drug-likeness (QED) is 0.317. The van der Waals surface area contributed by atoms with E-state index in [0.29, 0.717) is 32.4 Å². The average Bonchev–Trinajstić information content (AvgIpc) is 3.33. The van der Waals surface area contributed by atoms with Gasteiger partial charge in [0, 0.05) is 49.2 Å². The lowest BCUT2D eigenvalue weighted by Crippen LogP contribution is -2.61. The Morgan fingerprint density at radius 3 is 2.47 bits per heavy atom. The number of carbonyl (C=O) groups excluding carboxylic acids is 5. The third-order valence-electron chi connectivity index (χ3n) is 13.3. The van der Waals surface area contributed by atoms with Crippen LogP contribution in [0.1, 0.15) is 110 Å². The fourth-order valence-electron chi connectivity index (χ4n) is 10.8. The summed E-state index contributed by atoms with van der Waals surface area (Å²) in [6, 6.07) is 10.3. The molecule has 1 aromatic carbocycles. The molecule has 0 radical (unpaired) electrons.